The Labute approximate surface area is 165 Å². The lowest BCUT2D eigenvalue weighted by Gasteiger charge is -2.27. The molecule has 6 heteroatoms. The molecule has 2 amide bonds. The van der Waals surface area contributed by atoms with Crippen molar-refractivity contribution in [3.63, 3.8) is 0 Å². The predicted molar refractivity (Wildman–Crippen MR) is 107 cm³/mol. The van der Waals surface area contributed by atoms with E-state index in [9.17, 15) is 9.59 Å². The fraction of sp³-hybridized carbons (Fsp3) is 0.409. The highest BCUT2D eigenvalue weighted by Gasteiger charge is 2.21. The maximum atomic E-state index is 13.1. The van der Waals surface area contributed by atoms with E-state index in [0.717, 1.165) is 25.0 Å². The Kier molecular flexibility index (Phi) is 6.76. The van der Waals surface area contributed by atoms with Crippen LogP contribution in [0.5, 0.6) is 0 Å². The lowest BCUT2D eigenvalue weighted by molar-refractivity contribution is 0.0690. The van der Waals surface area contributed by atoms with Gasteiger partial charge in [0.15, 0.2) is 0 Å². The van der Waals surface area contributed by atoms with Gasteiger partial charge in [-0.05, 0) is 44.4 Å². The lowest BCUT2D eigenvalue weighted by atomic mass is 10.1. The Morgan fingerprint density at radius 2 is 2.04 bits per heavy atom. The minimum Gasteiger partial charge on any atom is -0.376 e. The van der Waals surface area contributed by atoms with Crippen molar-refractivity contribution in [3.05, 3.63) is 65.5 Å². The predicted octanol–water partition coefficient (Wildman–Crippen LogP) is 3.04. The normalized spacial score (nSPS) is 16.2. The van der Waals surface area contributed by atoms with Crippen molar-refractivity contribution in [3.8, 4) is 0 Å². The number of carbonyl (C=O) groups is 2. The van der Waals surface area contributed by atoms with Crippen LogP contribution in [0.2, 0.25) is 0 Å². The van der Waals surface area contributed by atoms with E-state index in [1.807, 2.05) is 44.2 Å². The Bertz CT molecular complexity index is 802. The summed E-state index contributed by atoms with van der Waals surface area (Å²) >= 11 is 0. The lowest BCUT2D eigenvalue weighted by Crippen LogP contribution is -2.37. The number of carbonyl (C=O) groups excluding carboxylic acids is 2. The van der Waals surface area contributed by atoms with Gasteiger partial charge in [-0.1, -0.05) is 30.3 Å². The van der Waals surface area contributed by atoms with Crippen LogP contribution in [-0.4, -0.2) is 47.0 Å². The first-order valence-electron chi connectivity index (χ1n) is 9.75. The summed E-state index contributed by atoms with van der Waals surface area (Å²) in [7, 11) is 0. The summed E-state index contributed by atoms with van der Waals surface area (Å²) in [6.45, 7) is 5.69. The average Bonchev–Trinajstić information content (AvgIpc) is 3.24. The standard InChI is InChI=1S/C22H27N3O3/c1-16(2)25(15-17-7-4-3-5-8-17)22(27)18-10-11-23-20(13-18)21(26)24-14-19-9-6-12-28-19/h3-5,7-8,10-11,13,16,19H,6,9,12,14-15H2,1-2H3,(H,24,26). The molecule has 1 aromatic heterocycles. The molecule has 0 spiro atoms. The highest BCUT2D eigenvalue weighted by Crippen LogP contribution is 2.14. The van der Waals surface area contributed by atoms with Crippen molar-refractivity contribution in [1.29, 1.82) is 0 Å². The number of nitrogens with zero attached hydrogens (tertiary/aromatic N) is 2. The van der Waals surface area contributed by atoms with Gasteiger partial charge in [0.05, 0.1) is 6.10 Å². The van der Waals surface area contributed by atoms with Gasteiger partial charge in [0, 0.05) is 37.5 Å². The number of rotatable bonds is 7. The first-order valence-corrected chi connectivity index (χ1v) is 9.75. The van der Waals surface area contributed by atoms with Crippen molar-refractivity contribution in [1.82, 2.24) is 15.2 Å². The molecule has 148 valence electrons. The summed E-state index contributed by atoms with van der Waals surface area (Å²) in [5.74, 6) is -0.404. The molecule has 1 aromatic carbocycles. The van der Waals surface area contributed by atoms with E-state index in [4.69, 9.17) is 4.74 Å². The monoisotopic (exact) mass is 381 g/mol. The molecule has 1 unspecified atom stereocenters. The number of amides is 2. The molecule has 6 nitrogen and oxygen atoms in total. The molecule has 0 radical (unpaired) electrons. The maximum absolute atomic E-state index is 13.1. The number of benzene rings is 1. The molecule has 0 aliphatic carbocycles. The molecule has 0 saturated carbocycles. The van der Waals surface area contributed by atoms with Gasteiger partial charge in [-0.3, -0.25) is 14.6 Å². The SMILES string of the molecule is CC(C)N(Cc1ccccc1)C(=O)c1ccnc(C(=O)NCC2CCCO2)c1. The molecule has 1 saturated heterocycles. The van der Waals surface area contributed by atoms with Crippen molar-refractivity contribution in [2.45, 2.75) is 45.4 Å². The Morgan fingerprint density at radius 3 is 2.71 bits per heavy atom. The minimum absolute atomic E-state index is 0.0256. The fourth-order valence-electron chi connectivity index (χ4n) is 3.22. The third-order valence-electron chi connectivity index (χ3n) is 4.83. The fourth-order valence-corrected chi connectivity index (χ4v) is 3.22. The van der Waals surface area contributed by atoms with E-state index in [2.05, 4.69) is 10.3 Å². The number of ether oxygens (including phenoxy) is 1. The van der Waals surface area contributed by atoms with Gasteiger partial charge < -0.3 is 15.0 Å². The molecular formula is C22H27N3O3. The van der Waals surface area contributed by atoms with Crippen LogP contribution in [0.25, 0.3) is 0 Å². The van der Waals surface area contributed by atoms with E-state index in [1.54, 1.807) is 17.0 Å². The van der Waals surface area contributed by atoms with Crippen molar-refractivity contribution in [2.75, 3.05) is 13.2 Å². The summed E-state index contributed by atoms with van der Waals surface area (Å²) in [5.41, 5.74) is 1.77. The maximum Gasteiger partial charge on any atom is 0.269 e. The van der Waals surface area contributed by atoms with E-state index in [-0.39, 0.29) is 29.7 Å². The summed E-state index contributed by atoms with van der Waals surface area (Å²) in [4.78, 5) is 31.4. The van der Waals surface area contributed by atoms with Crippen molar-refractivity contribution < 1.29 is 14.3 Å². The highest BCUT2D eigenvalue weighted by molar-refractivity contribution is 5.98. The first-order chi connectivity index (χ1) is 13.5. The Balaban J connectivity index is 1.69. The summed E-state index contributed by atoms with van der Waals surface area (Å²) in [6, 6.07) is 13.1. The number of nitrogens with one attached hydrogen (secondary N) is 1. The molecule has 2 aromatic rings. The molecule has 1 aliphatic rings. The van der Waals surface area contributed by atoms with Crippen LogP contribution < -0.4 is 5.32 Å². The Hall–Kier alpha value is -2.73. The van der Waals surface area contributed by atoms with Crippen molar-refractivity contribution in [2.24, 2.45) is 0 Å². The van der Waals surface area contributed by atoms with Crippen molar-refractivity contribution >= 4 is 11.8 Å². The van der Waals surface area contributed by atoms with E-state index in [0.29, 0.717) is 18.7 Å². The molecule has 1 fully saturated rings. The molecule has 1 aliphatic heterocycles. The zero-order valence-electron chi connectivity index (χ0n) is 16.4. The van der Waals surface area contributed by atoms with Crippen LogP contribution in [0, 0.1) is 0 Å². The number of pyridine rings is 1. The zero-order valence-corrected chi connectivity index (χ0v) is 16.4. The van der Waals surface area contributed by atoms with Gasteiger partial charge in [-0.15, -0.1) is 0 Å². The van der Waals surface area contributed by atoms with Gasteiger partial charge in [-0.2, -0.15) is 0 Å². The topological polar surface area (TPSA) is 71.5 Å². The van der Waals surface area contributed by atoms with Gasteiger partial charge >= 0.3 is 0 Å². The van der Waals surface area contributed by atoms with Crippen LogP contribution in [0.15, 0.2) is 48.7 Å². The number of hydrogen-bond acceptors (Lipinski definition) is 4. The second-order valence-electron chi connectivity index (χ2n) is 7.29. The first kappa shape index (κ1) is 20.0. The minimum atomic E-state index is -0.288. The molecule has 28 heavy (non-hydrogen) atoms. The summed E-state index contributed by atoms with van der Waals surface area (Å²) in [5, 5.41) is 2.85. The summed E-state index contributed by atoms with van der Waals surface area (Å²) in [6.07, 6.45) is 3.55. The summed E-state index contributed by atoms with van der Waals surface area (Å²) < 4.78 is 5.52. The van der Waals surface area contributed by atoms with E-state index in [1.165, 1.54) is 6.20 Å². The second kappa shape index (κ2) is 9.46. The largest absolute Gasteiger partial charge is 0.376 e. The smallest absolute Gasteiger partial charge is 0.269 e. The molecule has 1 N–H and O–H groups in total. The van der Waals surface area contributed by atoms with Crippen LogP contribution >= 0.6 is 0 Å². The van der Waals surface area contributed by atoms with Crippen LogP contribution in [-0.2, 0) is 11.3 Å². The van der Waals surface area contributed by atoms with Gasteiger partial charge in [0.1, 0.15) is 5.69 Å². The zero-order chi connectivity index (χ0) is 19.9. The Morgan fingerprint density at radius 1 is 1.25 bits per heavy atom. The van der Waals surface area contributed by atoms with Crippen LogP contribution in [0.1, 0.15) is 53.1 Å². The second-order valence-corrected chi connectivity index (χ2v) is 7.29. The van der Waals surface area contributed by atoms with Crippen LogP contribution in [0.3, 0.4) is 0 Å². The molecule has 0 bridgehead atoms. The highest BCUT2D eigenvalue weighted by atomic mass is 16.5. The number of aromatic nitrogens is 1. The third kappa shape index (κ3) is 5.16. The third-order valence-corrected chi connectivity index (χ3v) is 4.83. The van der Waals surface area contributed by atoms with E-state index < -0.39 is 0 Å². The molecular weight excluding hydrogens is 354 g/mol. The molecule has 3 rings (SSSR count). The van der Waals surface area contributed by atoms with E-state index >= 15 is 0 Å². The molecule has 2 heterocycles. The average molecular weight is 381 g/mol. The van der Waals surface area contributed by atoms with Gasteiger partial charge in [0.2, 0.25) is 0 Å². The van der Waals surface area contributed by atoms with Gasteiger partial charge in [0.25, 0.3) is 11.8 Å². The number of hydrogen-bond donors (Lipinski definition) is 1. The molecule has 1 atom stereocenters. The van der Waals surface area contributed by atoms with Crippen LogP contribution in [0.4, 0.5) is 0 Å². The van der Waals surface area contributed by atoms with Gasteiger partial charge in [-0.25, -0.2) is 0 Å². The quantitative estimate of drug-likeness (QED) is 0.800.